The Morgan fingerprint density at radius 1 is 1.03 bits per heavy atom. The Bertz CT molecular complexity index is 1090. The number of rotatable bonds is 5. The zero-order valence-corrected chi connectivity index (χ0v) is 19.6. The molecule has 2 aromatic heterocycles. The highest BCUT2D eigenvalue weighted by molar-refractivity contribution is 7.10. The Hall–Kier alpha value is -2.88. The lowest BCUT2D eigenvalue weighted by Gasteiger charge is -2.26. The summed E-state index contributed by atoms with van der Waals surface area (Å²) in [5, 5.41) is 13.6. The minimum Gasteiger partial charge on any atom is -0.258 e. The predicted octanol–water partition coefficient (Wildman–Crippen LogP) is 6.58. The molecule has 10 heteroatoms. The van der Waals surface area contributed by atoms with Crippen LogP contribution in [0.25, 0.3) is 11.4 Å². The number of hydrogen-bond donors (Lipinski definition) is 0. The summed E-state index contributed by atoms with van der Waals surface area (Å²) < 4.78 is 39.5. The van der Waals surface area contributed by atoms with Crippen molar-refractivity contribution in [1.82, 2.24) is 15.0 Å². The fourth-order valence-electron chi connectivity index (χ4n) is 2.85. The van der Waals surface area contributed by atoms with Gasteiger partial charge in [-0.3, -0.25) is 20.1 Å². The molecule has 0 spiro atoms. The number of hydrogen-bond acceptors (Lipinski definition) is 6. The predicted molar refractivity (Wildman–Crippen MR) is 119 cm³/mol. The molecule has 172 valence electrons. The van der Waals surface area contributed by atoms with Gasteiger partial charge >= 0.3 is 6.18 Å². The van der Waals surface area contributed by atoms with Crippen molar-refractivity contribution in [3.8, 4) is 11.4 Å². The van der Waals surface area contributed by atoms with Crippen LogP contribution < -0.4 is 0 Å². The lowest BCUT2D eigenvalue weighted by atomic mass is 9.89. The first kappa shape index (κ1) is 25.4. The molecule has 0 aliphatic carbocycles. The van der Waals surface area contributed by atoms with E-state index in [4.69, 9.17) is 0 Å². The third kappa shape index (κ3) is 5.29. The molecule has 0 atom stereocenters. The number of aryl methyl sites for hydroxylation is 2. The van der Waals surface area contributed by atoms with Crippen LogP contribution in [0.4, 0.5) is 18.9 Å². The highest BCUT2D eigenvalue weighted by Crippen LogP contribution is 2.39. The molecular formula is C22H25F3N4O2S. The number of halogens is 3. The van der Waals surface area contributed by atoms with E-state index in [9.17, 15) is 23.3 Å². The van der Waals surface area contributed by atoms with E-state index >= 15 is 0 Å². The molecule has 0 unspecified atom stereocenters. The van der Waals surface area contributed by atoms with Crippen LogP contribution in [0.1, 0.15) is 55.1 Å². The lowest BCUT2D eigenvalue weighted by Crippen LogP contribution is -2.37. The number of aromatic nitrogens is 3. The van der Waals surface area contributed by atoms with Gasteiger partial charge in [0.1, 0.15) is 16.8 Å². The van der Waals surface area contributed by atoms with Crippen molar-refractivity contribution in [1.29, 1.82) is 0 Å². The summed E-state index contributed by atoms with van der Waals surface area (Å²) in [4.78, 5) is 23.2. The quantitative estimate of drug-likeness (QED) is 0.313. The Morgan fingerprint density at radius 2 is 1.69 bits per heavy atom. The Balaban J connectivity index is 0.00000176. The minimum atomic E-state index is -4.43. The van der Waals surface area contributed by atoms with Gasteiger partial charge in [-0.15, -0.1) is 11.3 Å². The molecule has 0 fully saturated rings. The summed E-state index contributed by atoms with van der Waals surface area (Å²) in [5.41, 5.74) is 1.02. The molecule has 0 aliphatic rings. The van der Waals surface area contributed by atoms with Gasteiger partial charge in [0, 0.05) is 23.4 Å². The monoisotopic (exact) mass is 466 g/mol. The van der Waals surface area contributed by atoms with Gasteiger partial charge in [0.25, 0.3) is 5.69 Å². The number of nitro benzene ring substituents is 1. The average molecular weight is 467 g/mol. The topological polar surface area (TPSA) is 81.8 Å². The first-order valence-electron chi connectivity index (χ1n) is 9.98. The third-order valence-electron chi connectivity index (χ3n) is 5.01. The van der Waals surface area contributed by atoms with E-state index < -0.39 is 16.5 Å². The van der Waals surface area contributed by atoms with E-state index in [-0.39, 0.29) is 11.4 Å². The maximum absolute atomic E-state index is 13.2. The van der Waals surface area contributed by atoms with Gasteiger partial charge in [-0.2, -0.15) is 13.2 Å². The molecule has 0 saturated heterocycles. The van der Waals surface area contributed by atoms with Crippen molar-refractivity contribution in [2.24, 2.45) is 0 Å². The molecule has 2 heterocycles. The second-order valence-electron chi connectivity index (χ2n) is 7.54. The molecule has 0 N–H and O–H groups in total. The number of benzene rings is 1. The summed E-state index contributed by atoms with van der Waals surface area (Å²) in [5.74, 6) is 0. The summed E-state index contributed by atoms with van der Waals surface area (Å²) in [6.45, 7) is 9.62. The smallest absolute Gasteiger partial charge is 0.258 e. The first-order valence-corrected chi connectivity index (χ1v) is 10.9. The van der Waals surface area contributed by atoms with Gasteiger partial charge in [-0.25, -0.2) is 4.98 Å². The minimum absolute atomic E-state index is 0.0771. The summed E-state index contributed by atoms with van der Waals surface area (Å²) in [7, 11) is 0. The number of nitro groups is 1. The summed E-state index contributed by atoms with van der Waals surface area (Å²) in [6, 6.07) is 3.33. The largest absolute Gasteiger partial charge is 0.399 e. The van der Waals surface area contributed by atoms with Crippen molar-refractivity contribution < 1.29 is 18.1 Å². The molecule has 0 aliphatic heterocycles. The van der Waals surface area contributed by atoms with Crippen LogP contribution in [0.3, 0.4) is 0 Å². The van der Waals surface area contributed by atoms with E-state index in [2.05, 4.69) is 15.0 Å². The summed E-state index contributed by atoms with van der Waals surface area (Å²) in [6.07, 6.45) is -1.52. The molecular weight excluding hydrogens is 441 g/mol. The van der Waals surface area contributed by atoms with Crippen LogP contribution in [0.15, 0.2) is 29.9 Å². The van der Waals surface area contributed by atoms with E-state index in [0.29, 0.717) is 23.4 Å². The van der Waals surface area contributed by atoms with E-state index in [1.807, 2.05) is 20.8 Å². The number of nitrogens with zero attached hydrogens (tertiary/aromatic N) is 4. The maximum Gasteiger partial charge on any atom is 0.399 e. The second kappa shape index (κ2) is 9.72. The number of alkyl halides is 3. The van der Waals surface area contributed by atoms with Gasteiger partial charge in [-0.1, -0.05) is 13.8 Å². The van der Waals surface area contributed by atoms with Crippen molar-refractivity contribution >= 4 is 17.0 Å². The SMILES string of the molecule is CC.Cc1cc([N+](=O)[O-])c(C)cc1Cc1nc(-c2cnc(C(C)(C)C(F)(F)F)cn2)cs1. The second-order valence-corrected chi connectivity index (χ2v) is 8.48. The molecule has 3 rings (SSSR count). The van der Waals surface area contributed by atoms with Crippen LogP contribution >= 0.6 is 11.3 Å². The number of thiazole rings is 1. The van der Waals surface area contributed by atoms with Crippen LogP contribution in [-0.2, 0) is 11.8 Å². The standard InChI is InChI=1S/C20H19F3N4O2S.C2H6/c1-11-6-16(27(28)29)12(2)5-13(11)7-18-26-15(10-30-18)14-8-25-17(9-24-14)19(3,4)20(21,22)23;1-2/h5-6,8-10H,7H2,1-4H3;1-2H3. The van der Waals surface area contributed by atoms with Gasteiger partial charge in [-0.05, 0) is 44.9 Å². The zero-order chi connectivity index (χ0) is 24.3. The Kier molecular flexibility index (Phi) is 7.71. The molecule has 0 radical (unpaired) electrons. The van der Waals surface area contributed by atoms with Crippen molar-refractivity contribution in [3.05, 3.63) is 67.4 Å². The fraction of sp³-hybridized carbons (Fsp3) is 0.409. The van der Waals surface area contributed by atoms with Crippen molar-refractivity contribution in [3.63, 3.8) is 0 Å². The molecule has 0 bridgehead atoms. The molecule has 0 saturated carbocycles. The third-order valence-corrected chi connectivity index (χ3v) is 5.86. The lowest BCUT2D eigenvalue weighted by molar-refractivity contribution is -0.385. The molecule has 6 nitrogen and oxygen atoms in total. The van der Waals surface area contributed by atoms with Crippen LogP contribution in [-0.4, -0.2) is 26.1 Å². The first-order chi connectivity index (χ1) is 14.9. The van der Waals surface area contributed by atoms with E-state index in [1.54, 1.807) is 24.4 Å². The maximum atomic E-state index is 13.2. The molecule has 3 aromatic rings. The summed E-state index contributed by atoms with van der Waals surface area (Å²) >= 11 is 1.39. The molecule has 32 heavy (non-hydrogen) atoms. The average Bonchev–Trinajstić information content (AvgIpc) is 3.19. The highest BCUT2D eigenvalue weighted by Gasteiger charge is 2.49. The van der Waals surface area contributed by atoms with E-state index in [0.717, 1.165) is 36.2 Å². The van der Waals surface area contributed by atoms with Gasteiger partial charge in [0.2, 0.25) is 0 Å². The fourth-order valence-corrected chi connectivity index (χ4v) is 3.66. The Labute approximate surface area is 188 Å². The van der Waals surface area contributed by atoms with Gasteiger partial charge in [0.05, 0.1) is 28.0 Å². The molecule has 0 amide bonds. The zero-order valence-electron chi connectivity index (χ0n) is 18.7. The van der Waals surface area contributed by atoms with E-state index in [1.165, 1.54) is 17.5 Å². The van der Waals surface area contributed by atoms with Crippen LogP contribution in [0.5, 0.6) is 0 Å². The normalized spacial score (nSPS) is 11.7. The van der Waals surface area contributed by atoms with Crippen LogP contribution in [0, 0.1) is 24.0 Å². The van der Waals surface area contributed by atoms with Crippen molar-refractivity contribution in [2.75, 3.05) is 0 Å². The Morgan fingerprint density at radius 3 is 2.22 bits per heavy atom. The molecule has 1 aromatic carbocycles. The van der Waals surface area contributed by atoms with Crippen LogP contribution in [0.2, 0.25) is 0 Å². The van der Waals surface area contributed by atoms with Crippen molar-refractivity contribution in [2.45, 2.75) is 59.6 Å². The van der Waals surface area contributed by atoms with Gasteiger partial charge in [0.15, 0.2) is 0 Å². The highest BCUT2D eigenvalue weighted by atomic mass is 32.1. The van der Waals surface area contributed by atoms with Gasteiger partial charge < -0.3 is 0 Å².